The van der Waals surface area contributed by atoms with Crippen molar-refractivity contribution in [1.29, 1.82) is 0 Å². The van der Waals surface area contributed by atoms with Gasteiger partial charge in [-0.05, 0) is 62.9 Å². The summed E-state index contributed by atoms with van der Waals surface area (Å²) in [4.78, 5) is 23.7. The highest BCUT2D eigenvalue weighted by Crippen LogP contribution is 2.29. The molecule has 1 aliphatic rings. The van der Waals surface area contributed by atoms with Gasteiger partial charge < -0.3 is 9.16 Å². The molecule has 0 amide bonds. The van der Waals surface area contributed by atoms with Gasteiger partial charge in [-0.25, -0.2) is 0 Å². The van der Waals surface area contributed by atoms with Gasteiger partial charge in [-0.15, -0.1) is 0 Å². The van der Waals surface area contributed by atoms with E-state index in [1.807, 2.05) is 32.1 Å². The molecule has 1 atom stereocenters. The van der Waals surface area contributed by atoms with Crippen LogP contribution in [0, 0.1) is 0 Å². The van der Waals surface area contributed by atoms with E-state index in [4.69, 9.17) is 9.16 Å². The average molecular weight is 381 g/mol. The number of rotatable bonds is 12. The standard InChI is InChI=1S/C21H36O4Si/c1-6-26(7-2,8-3)25-19-15-18(20(22)16-19)13-11-9-10-12-14-21(23)24-17(4)5/h9,11,15,17,19H,6-8,10,12-14,16H2,1-5H3/t19-/m0/s1. The van der Waals surface area contributed by atoms with Crippen molar-refractivity contribution in [2.75, 3.05) is 0 Å². The number of hydrogen-bond donors (Lipinski definition) is 0. The molecule has 5 heteroatoms. The second-order valence-electron chi connectivity index (χ2n) is 7.33. The van der Waals surface area contributed by atoms with E-state index in [0.29, 0.717) is 19.3 Å². The Kier molecular flexibility index (Phi) is 10.1. The van der Waals surface area contributed by atoms with Crippen LogP contribution in [0.3, 0.4) is 0 Å². The maximum atomic E-state index is 12.2. The maximum Gasteiger partial charge on any atom is 0.306 e. The van der Waals surface area contributed by atoms with Crippen LogP contribution in [0.5, 0.6) is 0 Å². The molecule has 1 aliphatic carbocycles. The van der Waals surface area contributed by atoms with Crippen LogP contribution in [0.15, 0.2) is 23.8 Å². The molecule has 0 saturated carbocycles. The minimum atomic E-state index is -1.67. The van der Waals surface area contributed by atoms with Gasteiger partial charge in [0.1, 0.15) is 0 Å². The highest BCUT2D eigenvalue weighted by molar-refractivity contribution is 6.73. The number of carbonyl (C=O) groups excluding carboxylic acids is 2. The molecule has 0 fully saturated rings. The highest BCUT2D eigenvalue weighted by atomic mass is 28.4. The first-order valence-electron chi connectivity index (χ1n) is 10.1. The summed E-state index contributed by atoms with van der Waals surface area (Å²) in [5, 5.41) is 0. The molecule has 0 unspecified atom stereocenters. The molecule has 0 aromatic rings. The Balaban J connectivity index is 2.40. The molecule has 0 aromatic heterocycles. The topological polar surface area (TPSA) is 52.6 Å². The summed E-state index contributed by atoms with van der Waals surface area (Å²) >= 11 is 0. The molecule has 148 valence electrons. The summed E-state index contributed by atoms with van der Waals surface area (Å²) in [5.74, 6) is 0.0730. The summed E-state index contributed by atoms with van der Waals surface area (Å²) in [6, 6.07) is 3.31. The van der Waals surface area contributed by atoms with Gasteiger partial charge in [-0.2, -0.15) is 0 Å². The van der Waals surface area contributed by atoms with Gasteiger partial charge in [-0.1, -0.05) is 32.9 Å². The zero-order valence-corrected chi connectivity index (χ0v) is 18.2. The lowest BCUT2D eigenvalue weighted by Crippen LogP contribution is -2.39. The molecule has 4 nitrogen and oxygen atoms in total. The third-order valence-corrected chi connectivity index (χ3v) is 9.76. The van der Waals surface area contributed by atoms with Crippen molar-refractivity contribution in [3.05, 3.63) is 23.8 Å². The zero-order valence-electron chi connectivity index (χ0n) is 17.2. The van der Waals surface area contributed by atoms with E-state index in [1.165, 1.54) is 0 Å². The van der Waals surface area contributed by atoms with Gasteiger partial charge in [0, 0.05) is 12.8 Å². The van der Waals surface area contributed by atoms with E-state index in [-0.39, 0.29) is 24.0 Å². The van der Waals surface area contributed by atoms with Crippen LogP contribution >= 0.6 is 0 Å². The van der Waals surface area contributed by atoms with Crippen molar-refractivity contribution in [2.24, 2.45) is 0 Å². The number of ether oxygens (including phenoxy) is 1. The number of unbranched alkanes of at least 4 members (excludes halogenated alkanes) is 1. The summed E-state index contributed by atoms with van der Waals surface area (Å²) < 4.78 is 11.5. The second-order valence-corrected chi connectivity index (χ2v) is 12.0. The van der Waals surface area contributed by atoms with E-state index < -0.39 is 8.32 Å². The molecule has 0 N–H and O–H groups in total. The van der Waals surface area contributed by atoms with Gasteiger partial charge in [-0.3, -0.25) is 9.59 Å². The van der Waals surface area contributed by atoms with E-state index >= 15 is 0 Å². The van der Waals surface area contributed by atoms with Crippen molar-refractivity contribution < 1.29 is 18.8 Å². The maximum absolute atomic E-state index is 12.2. The number of Topliss-reactive ketones (excluding diaryl/α,β-unsaturated/α-hetero) is 1. The van der Waals surface area contributed by atoms with Gasteiger partial charge in [0.2, 0.25) is 0 Å². The van der Waals surface area contributed by atoms with Gasteiger partial charge in [0.15, 0.2) is 14.1 Å². The number of hydrogen-bond acceptors (Lipinski definition) is 4. The Morgan fingerprint density at radius 2 is 1.88 bits per heavy atom. The molecule has 0 aromatic carbocycles. The molecular weight excluding hydrogens is 344 g/mol. The highest BCUT2D eigenvalue weighted by Gasteiger charge is 2.34. The van der Waals surface area contributed by atoms with Crippen LogP contribution in [0.4, 0.5) is 0 Å². The molecule has 1 rings (SSSR count). The number of allylic oxidation sites excluding steroid dienone is 3. The SMILES string of the molecule is CC[Si](CC)(CC)O[C@H]1C=C(CC=CCCCC(=O)OC(C)C)C(=O)C1. The van der Waals surface area contributed by atoms with Crippen molar-refractivity contribution in [2.45, 2.75) is 97.1 Å². The zero-order chi connectivity index (χ0) is 19.6. The summed E-state index contributed by atoms with van der Waals surface area (Å²) in [5.41, 5.74) is 0.872. The summed E-state index contributed by atoms with van der Waals surface area (Å²) in [7, 11) is -1.67. The largest absolute Gasteiger partial charge is 0.463 e. The van der Waals surface area contributed by atoms with Gasteiger partial charge >= 0.3 is 5.97 Å². The lowest BCUT2D eigenvalue weighted by atomic mass is 10.1. The van der Waals surface area contributed by atoms with Crippen LogP contribution < -0.4 is 0 Å². The molecule has 0 aliphatic heterocycles. The number of esters is 1. The van der Waals surface area contributed by atoms with E-state index in [0.717, 1.165) is 36.5 Å². The fourth-order valence-electron chi connectivity index (χ4n) is 3.28. The van der Waals surface area contributed by atoms with E-state index in [9.17, 15) is 9.59 Å². The molecule has 0 saturated heterocycles. The van der Waals surface area contributed by atoms with Crippen LogP contribution in [0.2, 0.25) is 18.1 Å². The monoisotopic (exact) mass is 380 g/mol. The second kappa shape index (κ2) is 11.5. The Morgan fingerprint density at radius 1 is 1.23 bits per heavy atom. The first-order valence-corrected chi connectivity index (χ1v) is 12.6. The van der Waals surface area contributed by atoms with Gasteiger partial charge in [0.25, 0.3) is 0 Å². The molecule has 0 radical (unpaired) electrons. The van der Waals surface area contributed by atoms with Gasteiger partial charge in [0.05, 0.1) is 12.2 Å². The van der Waals surface area contributed by atoms with Crippen LogP contribution in [0.1, 0.15) is 66.7 Å². The van der Waals surface area contributed by atoms with Crippen molar-refractivity contribution in [3.8, 4) is 0 Å². The van der Waals surface area contributed by atoms with Crippen molar-refractivity contribution in [3.63, 3.8) is 0 Å². The molecule has 26 heavy (non-hydrogen) atoms. The molecule has 0 heterocycles. The number of carbonyl (C=O) groups is 2. The first-order chi connectivity index (χ1) is 12.4. The fourth-order valence-corrected chi connectivity index (χ4v) is 6.08. The summed E-state index contributed by atoms with van der Waals surface area (Å²) in [6.07, 6.45) is 9.25. The predicted molar refractivity (Wildman–Crippen MR) is 109 cm³/mol. The Labute approximate surface area is 160 Å². The predicted octanol–water partition coefficient (Wildman–Crippen LogP) is 5.34. The van der Waals surface area contributed by atoms with Crippen molar-refractivity contribution in [1.82, 2.24) is 0 Å². The fraction of sp³-hybridized carbons (Fsp3) is 0.714. The Bertz CT molecular complexity index is 510. The van der Waals surface area contributed by atoms with Crippen LogP contribution in [-0.2, 0) is 18.8 Å². The lowest BCUT2D eigenvalue weighted by molar-refractivity contribution is -0.147. The normalized spacial score (nSPS) is 18.0. The van der Waals surface area contributed by atoms with E-state index in [2.05, 4.69) is 20.8 Å². The van der Waals surface area contributed by atoms with Crippen LogP contribution in [-0.4, -0.2) is 32.3 Å². The molecular formula is C21H36O4Si. The molecule has 0 bridgehead atoms. The van der Waals surface area contributed by atoms with Crippen LogP contribution in [0.25, 0.3) is 0 Å². The summed E-state index contributed by atoms with van der Waals surface area (Å²) in [6.45, 7) is 10.3. The smallest absolute Gasteiger partial charge is 0.306 e. The number of ketones is 1. The quantitative estimate of drug-likeness (QED) is 0.198. The van der Waals surface area contributed by atoms with Crippen molar-refractivity contribution >= 4 is 20.1 Å². The third kappa shape index (κ3) is 7.58. The average Bonchev–Trinajstić information content (AvgIpc) is 2.94. The minimum absolute atomic E-state index is 0.0248. The Hall–Kier alpha value is -1.20. The third-order valence-electron chi connectivity index (χ3n) is 5.09. The minimum Gasteiger partial charge on any atom is -0.463 e. The molecule has 0 spiro atoms. The van der Waals surface area contributed by atoms with E-state index in [1.54, 1.807) is 0 Å². The lowest BCUT2D eigenvalue weighted by Gasteiger charge is -2.30. The first kappa shape index (κ1) is 22.8. The Morgan fingerprint density at radius 3 is 2.46 bits per heavy atom.